The third-order valence-electron chi connectivity index (χ3n) is 15.7. The zero-order valence-corrected chi connectivity index (χ0v) is 52.8. The molecule has 2 heterocycles. The Morgan fingerprint density at radius 1 is 0.791 bits per heavy atom. The van der Waals surface area contributed by atoms with E-state index in [-0.39, 0.29) is 62.4 Å². The second-order valence-corrected chi connectivity index (χ2v) is 22.6. The topological polar surface area (TPSA) is 276 Å². The summed E-state index contributed by atoms with van der Waals surface area (Å²) in [4.78, 5) is 142. The number of aryl methyl sites for hydroxylation is 1. The number of methoxy groups -OCH3 is 2. The molecule has 4 aromatic rings. The van der Waals surface area contributed by atoms with Crippen LogP contribution < -0.4 is 29.6 Å². The SMILES string of the molecule is C=CC(=O)OCC(C)(C)C(=O)C(=O)N1CCCC[C@H]1C(=O)O[C@H](CCc1ccc(OC)c(OC)c1)c1cccc(OCC(=O)N(C)[C@@H](Cc2ccc(OC(=O)N3CCOCC3)cc2)C(=O)N[C@H](Cc2ccccc2)C(=O)N(C)CC(=O)NCC(=O)N(C)CC)c1F. The van der Waals surface area contributed by atoms with E-state index in [1.807, 2.05) is 0 Å². The van der Waals surface area contributed by atoms with Gasteiger partial charge >= 0.3 is 18.0 Å². The third kappa shape index (κ3) is 20.1. The highest BCUT2D eigenvalue weighted by Gasteiger charge is 2.43. The summed E-state index contributed by atoms with van der Waals surface area (Å²) in [6.07, 6.45) is -0.0102. The Kier molecular flexibility index (Phi) is 26.4. The first-order valence-corrected chi connectivity index (χ1v) is 29.9. The fraction of sp³-hybridized carbons (Fsp3) is 0.455. The number of ketones is 1. The maximum atomic E-state index is 17.3. The zero-order chi connectivity index (χ0) is 66.4. The molecule has 7 amide bonds. The van der Waals surface area contributed by atoms with Crippen LogP contribution in [-0.4, -0.2) is 203 Å². The molecule has 2 N–H and O–H groups in total. The van der Waals surface area contributed by atoms with E-state index in [9.17, 15) is 47.9 Å². The highest BCUT2D eigenvalue weighted by Crippen LogP contribution is 2.35. The van der Waals surface area contributed by atoms with E-state index in [0.29, 0.717) is 73.9 Å². The smallest absolute Gasteiger partial charge is 0.415 e. The minimum atomic E-state index is -1.48. The third-order valence-corrected chi connectivity index (χ3v) is 15.7. The zero-order valence-electron chi connectivity index (χ0n) is 52.8. The molecule has 0 aliphatic carbocycles. The van der Waals surface area contributed by atoms with Crippen LogP contribution in [0, 0.1) is 11.2 Å². The summed E-state index contributed by atoms with van der Waals surface area (Å²) in [5.41, 5.74) is 0.192. The normalized spacial score (nSPS) is 14.8. The number of esters is 2. The fourth-order valence-electron chi connectivity index (χ4n) is 10.0. The van der Waals surface area contributed by atoms with E-state index in [4.69, 9.17) is 33.2 Å². The van der Waals surface area contributed by atoms with Gasteiger partial charge in [0.1, 0.15) is 36.6 Å². The van der Waals surface area contributed by atoms with Crippen LogP contribution in [0.15, 0.2) is 104 Å². The van der Waals surface area contributed by atoms with E-state index in [2.05, 4.69) is 17.2 Å². The monoisotopic (exact) mass is 1260 g/mol. The maximum absolute atomic E-state index is 17.3. The van der Waals surface area contributed by atoms with Crippen molar-refractivity contribution in [1.29, 1.82) is 0 Å². The number of carbonyl (C=O) groups is 10. The number of halogens is 1. The van der Waals surface area contributed by atoms with E-state index in [0.717, 1.165) is 20.8 Å². The van der Waals surface area contributed by atoms with Crippen molar-refractivity contribution in [1.82, 2.24) is 35.1 Å². The van der Waals surface area contributed by atoms with Crippen LogP contribution >= 0.6 is 0 Å². The van der Waals surface area contributed by atoms with Crippen molar-refractivity contribution in [2.24, 2.45) is 5.41 Å². The molecule has 24 nitrogen and oxygen atoms in total. The van der Waals surface area contributed by atoms with Crippen molar-refractivity contribution >= 4 is 59.3 Å². The standard InChI is InChI=1S/C66H82FN7O17/c1-10-58(78)89-42-66(3,4)60(79)63(82)74-31-16-15-21-49(74)64(83)91-51(29-25-45-26-30-52(85-8)54(38-45)86-9)47-20-17-22-53(59(47)67)88-41-57(77)72(7)50(37-44-23-27-46(28-24-44)90-65(84)73-32-34-87-35-33-73)61(80)69-48(36-43-18-13-12-14-19-43)62(81)71(6)40-55(75)68-39-56(76)70(5)11-2/h10,12-14,17-20,22-24,26-28,30,38,48-51H,1,11,15-16,21,25,29,31-37,39-42H2,2-9H3,(H,68,75)(H,69,80)/t48-,49+,50+,51-/m1/s1. The average molecular weight is 1260 g/mol. The Labute approximate surface area is 529 Å². The van der Waals surface area contributed by atoms with Gasteiger partial charge in [0.15, 0.2) is 29.7 Å². The van der Waals surface area contributed by atoms with E-state index < -0.39 is 114 Å². The van der Waals surface area contributed by atoms with Crippen molar-refractivity contribution in [3.8, 4) is 23.0 Å². The van der Waals surface area contributed by atoms with Gasteiger partial charge in [0, 0.05) is 71.8 Å². The van der Waals surface area contributed by atoms with Crippen LogP contribution in [0.2, 0.25) is 0 Å². The molecule has 2 aliphatic heterocycles. The van der Waals surface area contributed by atoms with Gasteiger partial charge in [0.05, 0.1) is 45.9 Å². The molecule has 0 spiro atoms. The minimum absolute atomic E-state index is 0.0252. The lowest BCUT2D eigenvalue weighted by molar-refractivity contribution is -0.165. The molecule has 0 aromatic heterocycles. The molecular weight excluding hydrogens is 1180 g/mol. The molecule has 0 saturated carbocycles. The lowest BCUT2D eigenvalue weighted by atomic mass is 9.87. The van der Waals surface area contributed by atoms with Gasteiger partial charge in [-0.05, 0) is 99.9 Å². The van der Waals surface area contributed by atoms with Gasteiger partial charge < -0.3 is 68.3 Å². The van der Waals surface area contributed by atoms with Crippen LogP contribution in [0.3, 0.4) is 0 Å². The summed E-state index contributed by atoms with van der Waals surface area (Å²) in [7, 11) is 7.23. The maximum Gasteiger partial charge on any atom is 0.415 e. The average Bonchev–Trinajstić information content (AvgIpc) is 1.73. The first-order chi connectivity index (χ1) is 43.5. The van der Waals surface area contributed by atoms with Gasteiger partial charge in [-0.2, -0.15) is 0 Å². The lowest BCUT2D eigenvalue weighted by Gasteiger charge is -2.36. The minimum Gasteiger partial charge on any atom is -0.493 e. The molecule has 0 bridgehead atoms. The second-order valence-electron chi connectivity index (χ2n) is 22.6. The molecule has 2 aliphatic rings. The largest absolute Gasteiger partial charge is 0.493 e. The first-order valence-electron chi connectivity index (χ1n) is 29.9. The number of carbonyl (C=O) groups excluding carboxylic acids is 10. The van der Waals surface area contributed by atoms with Crippen molar-refractivity contribution in [3.63, 3.8) is 0 Å². The van der Waals surface area contributed by atoms with E-state index >= 15 is 4.39 Å². The Balaban J connectivity index is 1.27. The van der Waals surface area contributed by atoms with Crippen LogP contribution in [0.4, 0.5) is 9.18 Å². The number of hydrogen-bond acceptors (Lipinski definition) is 17. The van der Waals surface area contributed by atoms with Gasteiger partial charge in [-0.3, -0.25) is 33.6 Å². The lowest BCUT2D eigenvalue weighted by Crippen LogP contribution is -2.56. The van der Waals surface area contributed by atoms with Crippen LogP contribution in [0.5, 0.6) is 23.0 Å². The molecule has 4 atom stereocenters. The number of likely N-dealkylation sites (tertiary alicyclic amines) is 1. The highest BCUT2D eigenvalue weighted by atomic mass is 19.1. The van der Waals surface area contributed by atoms with Gasteiger partial charge in [0.2, 0.25) is 29.4 Å². The van der Waals surface area contributed by atoms with Crippen molar-refractivity contribution in [3.05, 3.63) is 132 Å². The predicted molar refractivity (Wildman–Crippen MR) is 329 cm³/mol. The Morgan fingerprint density at radius 2 is 1.47 bits per heavy atom. The molecule has 4 aromatic carbocycles. The quantitative estimate of drug-likeness (QED) is 0.0402. The van der Waals surface area contributed by atoms with Gasteiger partial charge in [-0.25, -0.2) is 18.8 Å². The van der Waals surface area contributed by atoms with Gasteiger partial charge in [-0.15, -0.1) is 0 Å². The second kappa shape index (κ2) is 34.0. The van der Waals surface area contributed by atoms with Crippen LogP contribution in [-0.2, 0) is 76.6 Å². The predicted octanol–water partition coefficient (Wildman–Crippen LogP) is 4.83. The number of rotatable bonds is 30. The molecule has 490 valence electrons. The number of Topliss-reactive ketones (excluding diaryl/α,β-unsaturated/α-hetero) is 1. The fourth-order valence-corrected chi connectivity index (χ4v) is 10.0. The number of likely N-dealkylation sites (N-methyl/N-ethyl adjacent to an activating group) is 3. The summed E-state index contributed by atoms with van der Waals surface area (Å²) in [6, 6.07) is 20.3. The van der Waals surface area contributed by atoms with Gasteiger partial charge in [-0.1, -0.05) is 67.2 Å². The summed E-state index contributed by atoms with van der Waals surface area (Å²) < 4.78 is 56.3. The van der Waals surface area contributed by atoms with Crippen LogP contribution in [0.1, 0.15) is 74.8 Å². The van der Waals surface area contributed by atoms with Gasteiger partial charge in [0.25, 0.3) is 11.8 Å². The van der Waals surface area contributed by atoms with Crippen LogP contribution in [0.25, 0.3) is 0 Å². The number of nitrogens with zero attached hydrogens (tertiary/aromatic N) is 5. The number of amides is 7. The molecular formula is C66H82FN7O17. The van der Waals surface area contributed by atoms with Crippen molar-refractivity contribution < 1.29 is 85.5 Å². The number of benzene rings is 4. The number of piperidine rings is 1. The number of hydrogen-bond donors (Lipinski definition) is 2. The number of nitrogens with one attached hydrogen (secondary N) is 2. The molecule has 6 rings (SSSR count). The molecule has 0 unspecified atom stereocenters. The molecule has 25 heteroatoms. The first kappa shape index (κ1) is 70.7. The molecule has 91 heavy (non-hydrogen) atoms. The Morgan fingerprint density at radius 3 is 2.14 bits per heavy atom. The van der Waals surface area contributed by atoms with E-state index in [1.165, 1.54) is 82.3 Å². The van der Waals surface area contributed by atoms with Crippen molar-refractivity contribution in [2.45, 2.75) is 89.9 Å². The molecule has 2 fully saturated rings. The summed E-state index contributed by atoms with van der Waals surface area (Å²) in [6.45, 7) is 7.79. The summed E-state index contributed by atoms with van der Waals surface area (Å²) in [5, 5.41) is 5.34. The summed E-state index contributed by atoms with van der Waals surface area (Å²) >= 11 is 0. The number of morpholine rings is 1. The Hall–Kier alpha value is -9.39. The highest BCUT2D eigenvalue weighted by molar-refractivity contribution is 6.38. The molecule has 0 radical (unpaired) electrons. The molecule has 2 saturated heterocycles. The van der Waals surface area contributed by atoms with E-state index in [1.54, 1.807) is 74.6 Å². The van der Waals surface area contributed by atoms with Crippen molar-refractivity contribution in [2.75, 3.05) is 101 Å². The Bertz CT molecular complexity index is 3230. The summed E-state index contributed by atoms with van der Waals surface area (Å²) in [5.74, 6) is -7.25. The number of ether oxygens (including phenoxy) is 7.